The van der Waals surface area contributed by atoms with Crippen LogP contribution in [0, 0.1) is 6.92 Å². The van der Waals surface area contributed by atoms with Crippen LogP contribution in [0.3, 0.4) is 0 Å². The zero-order chi connectivity index (χ0) is 22.3. The van der Waals surface area contributed by atoms with Crippen molar-refractivity contribution in [3.05, 3.63) is 63.1 Å². The number of carbonyl (C=O) groups excluding carboxylic acids is 2. The Kier molecular flexibility index (Phi) is 9.18. The summed E-state index contributed by atoms with van der Waals surface area (Å²) >= 11 is 9.54. The standard InChI is InChI=1S/C23H28BrClN2O3/c1-5-20(23(29)26-15(2)3)27(13-17-8-6-7-16(4)11-17)22(28)14-30-21-10-9-18(24)12-19(21)25/h6-12,15,20H,5,13-14H2,1-4H3,(H,26,29)/t20-/m1/s1. The maximum atomic E-state index is 13.1. The number of hydrogen-bond donors (Lipinski definition) is 1. The maximum Gasteiger partial charge on any atom is 0.261 e. The van der Waals surface area contributed by atoms with Gasteiger partial charge in [0.1, 0.15) is 11.8 Å². The molecule has 0 spiro atoms. The van der Waals surface area contributed by atoms with Gasteiger partial charge in [-0.05, 0) is 51.0 Å². The summed E-state index contributed by atoms with van der Waals surface area (Å²) in [5.74, 6) is -0.0279. The third kappa shape index (κ3) is 7.03. The Morgan fingerprint density at radius 2 is 1.93 bits per heavy atom. The van der Waals surface area contributed by atoms with Crippen molar-refractivity contribution in [2.45, 2.75) is 52.7 Å². The third-order valence-corrected chi connectivity index (χ3v) is 5.29. The smallest absolute Gasteiger partial charge is 0.261 e. The summed E-state index contributed by atoms with van der Waals surface area (Å²) in [4.78, 5) is 27.5. The lowest BCUT2D eigenvalue weighted by atomic mass is 10.1. The fourth-order valence-corrected chi connectivity index (χ4v) is 3.85. The Morgan fingerprint density at radius 3 is 2.53 bits per heavy atom. The summed E-state index contributed by atoms with van der Waals surface area (Å²) in [6.07, 6.45) is 0.495. The molecule has 0 heterocycles. The van der Waals surface area contributed by atoms with Crippen LogP contribution in [0.1, 0.15) is 38.3 Å². The zero-order valence-electron chi connectivity index (χ0n) is 17.7. The van der Waals surface area contributed by atoms with Crippen molar-refractivity contribution in [2.75, 3.05) is 6.61 Å². The number of benzene rings is 2. The molecule has 1 atom stereocenters. The molecule has 0 saturated carbocycles. The number of amides is 2. The van der Waals surface area contributed by atoms with Gasteiger partial charge in [-0.3, -0.25) is 9.59 Å². The molecule has 0 radical (unpaired) electrons. The minimum Gasteiger partial charge on any atom is -0.482 e. The quantitative estimate of drug-likeness (QED) is 0.525. The first-order valence-electron chi connectivity index (χ1n) is 9.94. The van der Waals surface area contributed by atoms with Crippen LogP contribution in [-0.2, 0) is 16.1 Å². The van der Waals surface area contributed by atoms with Gasteiger partial charge in [-0.25, -0.2) is 0 Å². The largest absolute Gasteiger partial charge is 0.482 e. The van der Waals surface area contributed by atoms with Crippen LogP contribution in [0.4, 0.5) is 0 Å². The molecule has 0 aliphatic heterocycles. The highest BCUT2D eigenvalue weighted by atomic mass is 79.9. The molecule has 162 valence electrons. The summed E-state index contributed by atoms with van der Waals surface area (Å²) in [6, 6.07) is 12.5. The highest BCUT2D eigenvalue weighted by molar-refractivity contribution is 9.10. The highest BCUT2D eigenvalue weighted by Gasteiger charge is 2.29. The van der Waals surface area contributed by atoms with Crippen molar-refractivity contribution >= 4 is 39.3 Å². The minimum atomic E-state index is -0.593. The molecule has 0 aliphatic rings. The number of nitrogens with zero attached hydrogens (tertiary/aromatic N) is 1. The Labute approximate surface area is 191 Å². The van der Waals surface area contributed by atoms with E-state index in [-0.39, 0.29) is 24.5 Å². The average Bonchev–Trinajstić information content (AvgIpc) is 2.66. The molecule has 30 heavy (non-hydrogen) atoms. The fraction of sp³-hybridized carbons (Fsp3) is 0.391. The van der Waals surface area contributed by atoms with Crippen molar-refractivity contribution in [3.63, 3.8) is 0 Å². The molecule has 2 aromatic rings. The molecule has 2 rings (SSSR count). The number of hydrogen-bond acceptors (Lipinski definition) is 3. The first kappa shape index (κ1) is 24.2. The van der Waals surface area contributed by atoms with Gasteiger partial charge in [-0.1, -0.05) is 64.3 Å². The van der Waals surface area contributed by atoms with E-state index in [1.807, 2.05) is 52.0 Å². The van der Waals surface area contributed by atoms with E-state index in [0.717, 1.165) is 15.6 Å². The lowest BCUT2D eigenvalue weighted by Gasteiger charge is -2.31. The second-order valence-electron chi connectivity index (χ2n) is 7.46. The number of nitrogens with one attached hydrogen (secondary N) is 1. The molecule has 0 bridgehead atoms. The van der Waals surface area contributed by atoms with Gasteiger partial charge in [0.05, 0.1) is 5.02 Å². The fourth-order valence-electron chi connectivity index (χ4n) is 3.12. The van der Waals surface area contributed by atoms with E-state index in [9.17, 15) is 9.59 Å². The van der Waals surface area contributed by atoms with E-state index in [1.165, 1.54) is 0 Å². The van der Waals surface area contributed by atoms with Crippen LogP contribution in [0.25, 0.3) is 0 Å². The van der Waals surface area contributed by atoms with Crippen LogP contribution in [0.15, 0.2) is 46.9 Å². The third-order valence-electron chi connectivity index (χ3n) is 4.50. The normalized spacial score (nSPS) is 11.8. The zero-order valence-corrected chi connectivity index (χ0v) is 20.1. The van der Waals surface area contributed by atoms with Gasteiger partial charge in [0.2, 0.25) is 5.91 Å². The monoisotopic (exact) mass is 494 g/mol. The summed E-state index contributed by atoms with van der Waals surface area (Å²) < 4.78 is 6.50. The van der Waals surface area contributed by atoms with Crippen molar-refractivity contribution in [2.24, 2.45) is 0 Å². The molecule has 0 saturated heterocycles. The molecule has 0 fully saturated rings. The Balaban J connectivity index is 2.23. The lowest BCUT2D eigenvalue weighted by molar-refractivity contribution is -0.143. The second kappa shape index (κ2) is 11.4. The lowest BCUT2D eigenvalue weighted by Crippen LogP contribution is -2.51. The van der Waals surface area contributed by atoms with E-state index in [0.29, 0.717) is 23.7 Å². The van der Waals surface area contributed by atoms with Gasteiger partial charge >= 0.3 is 0 Å². The highest BCUT2D eigenvalue weighted by Crippen LogP contribution is 2.28. The van der Waals surface area contributed by atoms with Crippen LogP contribution >= 0.6 is 27.5 Å². The number of halogens is 2. The molecule has 1 N–H and O–H groups in total. The molecule has 2 aromatic carbocycles. The second-order valence-corrected chi connectivity index (χ2v) is 8.78. The van der Waals surface area contributed by atoms with Crippen LogP contribution in [-0.4, -0.2) is 35.4 Å². The van der Waals surface area contributed by atoms with Crippen molar-refractivity contribution < 1.29 is 14.3 Å². The molecular formula is C23H28BrClN2O3. The van der Waals surface area contributed by atoms with E-state index in [2.05, 4.69) is 21.2 Å². The van der Waals surface area contributed by atoms with Gasteiger partial charge in [0, 0.05) is 17.1 Å². The number of aryl methyl sites for hydroxylation is 1. The molecule has 7 heteroatoms. The van der Waals surface area contributed by atoms with Crippen molar-refractivity contribution in [1.82, 2.24) is 10.2 Å². The topological polar surface area (TPSA) is 58.6 Å². The van der Waals surface area contributed by atoms with E-state index in [4.69, 9.17) is 16.3 Å². The molecule has 0 unspecified atom stereocenters. The van der Waals surface area contributed by atoms with Gasteiger partial charge < -0.3 is 15.0 Å². The molecule has 0 aromatic heterocycles. The van der Waals surface area contributed by atoms with Crippen LogP contribution in [0.2, 0.25) is 5.02 Å². The molecular weight excluding hydrogens is 468 g/mol. The minimum absolute atomic E-state index is 0.0136. The Bertz CT molecular complexity index is 889. The predicted molar refractivity (Wildman–Crippen MR) is 124 cm³/mol. The Hall–Kier alpha value is -2.05. The molecule has 5 nitrogen and oxygen atoms in total. The number of carbonyl (C=O) groups is 2. The number of rotatable bonds is 9. The van der Waals surface area contributed by atoms with Gasteiger partial charge in [0.25, 0.3) is 5.91 Å². The molecule has 0 aliphatic carbocycles. The summed E-state index contributed by atoms with van der Waals surface area (Å²) in [6.45, 7) is 7.80. The SMILES string of the molecule is CC[C@H](C(=O)NC(C)C)N(Cc1cccc(C)c1)C(=O)COc1ccc(Br)cc1Cl. The predicted octanol–water partition coefficient (Wildman–Crippen LogP) is 5.12. The van der Waals surface area contributed by atoms with E-state index >= 15 is 0 Å². The van der Waals surface area contributed by atoms with E-state index < -0.39 is 6.04 Å². The summed E-state index contributed by atoms with van der Waals surface area (Å²) in [5, 5.41) is 3.32. The number of ether oxygens (including phenoxy) is 1. The summed E-state index contributed by atoms with van der Waals surface area (Å²) in [7, 11) is 0. The van der Waals surface area contributed by atoms with Crippen molar-refractivity contribution in [1.29, 1.82) is 0 Å². The van der Waals surface area contributed by atoms with Crippen LogP contribution < -0.4 is 10.1 Å². The average molecular weight is 496 g/mol. The maximum absolute atomic E-state index is 13.1. The Morgan fingerprint density at radius 1 is 1.20 bits per heavy atom. The first-order chi connectivity index (χ1) is 14.2. The van der Waals surface area contributed by atoms with Crippen LogP contribution in [0.5, 0.6) is 5.75 Å². The first-order valence-corrected chi connectivity index (χ1v) is 11.1. The summed E-state index contributed by atoms with van der Waals surface area (Å²) in [5.41, 5.74) is 2.05. The van der Waals surface area contributed by atoms with Gasteiger partial charge in [0.15, 0.2) is 6.61 Å². The van der Waals surface area contributed by atoms with Crippen molar-refractivity contribution in [3.8, 4) is 5.75 Å². The van der Waals surface area contributed by atoms with E-state index in [1.54, 1.807) is 23.1 Å². The molecule has 2 amide bonds. The van der Waals surface area contributed by atoms with Gasteiger partial charge in [-0.2, -0.15) is 0 Å². The van der Waals surface area contributed by atoms with Gasteiger partial charge in [-0.15, -0.1) is 0 Å².